The SMILES string of the molecule is N#Cc1cc(=O)c(C(F)F)c([N+](=O)[O-])[nH]1. The fraction of sp³-hybridized carbons (Fsp3) is 0.143. The van der Waals surface area contributed by atoms with Crippen LogP contribution in [0.1, 0.15) is 17.7 Å². The Bertz CT molecular complexity index is 503. The van der Waals surface area contributed by atoms with Crippen molar-refractivity contribution < 1.29 is 13.7 Å². The Balaban J connectivity index is 3.59. The maximum absolute atomic E-state index is 12.3. The Labute approximate surface area is 80.9 Å². The Morgan fingerprint density at radius 3 is 2.60 bits per heavy atom. The van der Waals surface area contributed by atoms with Gasteiger partial charge < -0.3 is 10.1 Å². The predicted octanol–water partition coefficient (Wildman–Crippen LogP) is 1.09. The van der Waals surface area contributed by atoms with Crippen LogP contribution in [-0.4, -0.2) is 9.91 Å². The highest BCUT2D eigenvalue weighted by atomic mass is 19.3. The fourth-order valence-corrected chi connectivity index (χ4v) is 0.972. The highest BCUT2D eigenvalue weighted by Gasteiger charge is 2.26. The van der Waals surface area contributed by atoms with Crippen LogP contribution >= 0.6 is 0 Å². The van der Waals surface area contributed by atoms with Gasteiger partial charge in [-0.05, 0) is 4.92 Å². The molecular weight excluding hydrogens is 212 g/mol. The Morgan fingerprint density at radius 2 is 2.20 bits per heavy atom. The zero-order valence-corrected chi connectivity index (χ0v) is 7.03. The number of nitrogens with zero attached hydrogens (tertiary/aromatic N) is 2. The second kappa shape index (κ2) is 3.83. The van der Waals surface area contributed by atoms with Crippen molar-refractivity contribution >= 4 is 5.82 Å². The number of nitrogens with one attached hydrogen (secondary N) is 1. The first kappa shape index (κ1) is 10.8. The highest BCUT2D eigenvalue weighted by molar-refractivity contribution is 5.38. The smallest absolute Gasteiger partial charge is 0.334 e. The van der Waals surface area contributed by atoms with E-state index in [0.717, 1.165) is 0 Å². The van der Waals surface area contributed by atoms with Crippen LogP contribution in [0.25, 0.3) is 0 Å². The Kier molecular flexibility index (Phi) is 2.75. The zero-order valence-electron chi connectivity index (χ0n) is 7.03. The van der Waals surface area contributed by atoms with Crippen molar-refractivity contribution in [3.05, 3.63) is 37.7 Å². The molecule has 1 aromatic heterocycles. The summed E-state index contributed by atoms with van der Waals surface area (Å²) in [7, 11) is 0. The number of halogens is 2. The van der Waals surface area contributed by atoms with E-state index in [2.05, 4.69) is 0 Å². The molecule has 6 nitrogen and oxygen atoms in total. The molecule has 15 heavy (non-hydrogen) atoms. The first-order chi connectivity index (χ1) is 6.97. The van der Waals surface area contributed by atoms with Crippen molar-refractivity contribution in [3.8, 4) is 6.07 Å². The van der Waals surface area contributed by atoms with Crippen LogP contribution in [0.15, 0.2) is 10.9 Å². The second-order valence-corrected chi connectivity index (χ2v) is 2.48. The molecule has 1 rings (SSSR count). The molecule has 8 heteroatoms. The number of nitro groups is 1. The summed E-state index contributed by atoms with van der Waals surface area (Å²) in [6.45, 7) is 0. The molecule has 1 aromatic rings. The summed E-state index contributed by atoms with van der Waals surface area (Å²) in [5, 5.41) is 18.7. The van der Waals surface area contributed by atoms with Gasteiger partial charge in [-0.3, -0.25) is 4.79 Å². The highest BCUT2D eigenvalue weighted by Crippen LogP contribution is 2.23. The van der Waals surface area contributed by atoms with Gasteiger partial charge in [-0.1, -0.05) is 0 Å². The van der Waals surface area contributed by atoms with Crippen LogP contribution in [0.2, 0.25) is 0 Å². The Hall–Kier alpha value is -2.30. The molecule has 0 aliphatic rings. The predicted molar refractivity (Wildman–Crippen MR) is 43.4 cm³/mol. The van der Waals surface area contributed by atoms with Gasteiger partial charge >= 0.3 is 5.82 Å². The molecule has 0 aromatic carbocycles. The van der Waals surface area contributed by atoms with E-state index in [1.165, 1.54) is 6.07 Å². The lowest BCUT2D eigenvalue weighted by atomic mass is 10.2. The molecule has 0 amide bonds. The van der Waals surface area contributed by atoms with Crippen molar-refractivity contribution in [2.45, 2.75) is 6.43 Å². The minimum Gasteiger partial charge on any atom is -0.358 e. The van der Waals surface area contributed by atoms with Crippen LogP contribution < -0.4 is 5.43 Å². The van der Waals surface area contributed by atoms with Crippen LogP contribution in [0.5, 0.6) is 0 Å². The molecular formula is C7H3F2N3O3. The monoisotopic (exact) mass is 215 g/mol. The van der Waals surface area contributed by atoms with E-state index < -0.39 is 33.9 Å². The number of nitriles is 1. The van der Waals surface area contributed by atoms with Crippen molar-refractivity contribution in [3.63, 3.8) is 0 Å². The molecule has 0 bridgehead atoms. The normalized spacial score (nSPS) is 10.0. The van der Waals surface area contributed by atoms with Crippen LogP contribution in [0.4, 0.5) is 14.6 Å². The molecule has 0 saturated carbocycles. The van der Waals surface area contributed by atoms with E-state index in [0.29, 0.717) is 6.07 Å². The fourth-order valence-electron chi connectivity index (χ4n) is 0.972. The van der Waals surface area contributed by atoms with Crippen molar-refractivity contribution in [2.24, 2.45) is 0 Å². The molecule has 78 valence electrons. The van der Waals surface area contributed by atoms with Gasteiger partial charge in [-0.2, -0.15) is 5.26 Å². The largest absolute Gasteiger partial charge is 0.358 e. The van der Waals surface area contributed by atoms with E-state index in [1.807, 2.05) is 4.98 Å². The summed E-state index contributed by atoms with van der Waals surface area (Å²) in [5.41, 5.74) is -2.90. The van der Waals surface area contributed by atoms with Crippen LogP contribution in [0.3, 0.4) is 0 Å². The summed E-state index contributed by atoms with van der Waals surface area (Å²) >= 11 is 0. The van der Waals surface area contributed by atoms with Gasteiger partial charge in [0.2, 0.25) is 11.1 Å². The van der Waals surface area contributed by atoms with E-state index in [1.54, 1.807) is 0 Å². The average Bonchev–Trinajstić information content (AvgIpc) is 2.15. The maximum Gasteiger partial charge on any atom is 0.334 e. The van der Waals surface area contributed by atoms with Gasteiger partial charge in [0, 0.05) is 6.07 Å². The molecule has 0 fully saturated rings. The minimum atomic E-state index is -3.26. The standard InChI is InChI=1S/C7H3F2N3O3/c8-6(9)5-4(13)1-3(2-10)11-7(5)12(14)15/h1,6H,(H,11,13). The molecule has 0 spiro atoms. The molecule has 0 saturated heterocycles. The van der Waals surface area contributed by atoms with Gasteiger partial charge in [0.15, 0.2) is 5.56 Å². The molecule has 0 radical (unpaired) electrons. The lowest BCUT2D eigenvalue weighted by molar-refractivity contribution is -0.391. The lowest BCUT2D eigenvalue weighted by Crippen LogP contribution is -2.14. The first-order valence-electron chi connectivity index (χ1n) is 3.57. The molecule has 0 atom stereocenters. The zero-order chi connectivity index (χ0) is 11.6. The van der Waals surface area contributed by atoms with Gasteiger partial charge in [0.05, 0.1) is 0 Å². The topological polar surface area (TPSA) is 99.8 Å². The summed E-state index contributed by atoms with van der Waals surface area (Å²) in [4.78, 5) is 22.0. The number of rotatable bonds is 2. The molecule has 1 heterocycles. The molecule has 0 aliphatic heterocycles. The lowest BCUT2D eigenvalue weighted by Gasteiger charge is -2.01. The number of hydrogen-bond acceptors (Lipinski definition) is 4. The number of aromatic amines is 1. The van der Waals surface area contributed by atoms with E-state index in [4.69, 9.17) is 5.26 Å². The summed E-state index contributed by atoms with van der Waals surface area (Å²) in [6, 6.07) is 2.02. The van der Waals surface area contributed by atoms with E-state index >= 15 is 0 Å². The van der Waals surface area contributed by atoms with Crippen molar-refractivity contribution in [1.82, 2.24) is 4.98 Å². The van der Waals surface area contributed by atoms with E-state index in [-0.39, 0.29) is 0 Å². The third kappa shape index (κ3) is 1.96. The minimum absolute atomic E-state index is 0.434. The van der Waals surface area contributed by atoms with Crippen molar-refractivity contribution in [1.29, 1.82) is 5.26 Å². The molecule has 0 aliphatic carbocycles. The third-order valence-corrected chi connectivity index (χ3v) is 1.57. The number of H-pyrrole nitrogens is 1. The van der Waals surface area contributed by atoms with E-state index in [9.17, 15) is 23.7 Å². The second-order valence-electron chi connectivity index (χ2n) is 2.48. The van der Waals surface area contributed by atoms with Crippen LogP contribution in [-0.2, 0) is 0 Å². The average molecular weight is 215 g/mol. The quantitative estimate of drug-likeness (QED) is 0.589. The summed E-state index contributed by atoms with van der Waals surface area (Å²) in [6.07, 6.45) is -3.26. The third-order valence-electron chi connectivity index (χ3n) is 1.57. The summed E-state index contributed by atoms with van der Waals surface area (Å²) in [5.74, 6) is -1.14. The molecule has 1 N–H and O–H groups in total. The van der Waals surface area contributed by atoms with Gasteiger partial charge in [-0.25, -0.2) is 13.8 Å². The van der Waals surface area contributed by atoms with Gasteiger partial charge in [0.1, 0.15) is 6.07 Å². The van der Waals surface area contributed by atoms with Gasteiger partial charge in [0.25, 0.3) is 6.43 Å². The van der Waals surface area contributed by atoms with Crippen LogP contribution in [0, 0.1) is 21.4 Å². The number of pyridine rings is 1. The number of hydrogen-bond donors (Lipinski definition) is 1. The van der Waals surface area contributed by atoms with Gasteiger partial charge in [-0.15, -0.1) is 0 Å². The van der Waals surface area contributed by atoms with Crippen molar-refractivity contribution in [2.75, 3.05) is 0 Å². The number of aromatic nitrogens is 1. The summed E-state index contributed by atoms with van der Waals surface area (Å²) < 4.78 is 24.6. The maximum atomic E-state index is 12.3. The molecule has 0 unspecified atom stereocenters. The Morgan fingerprint density at radius 1 is 1.60 bits per heavy atom. The first-order valence-corrected chi connectivity index (χ1v) is 3.57. The number of alkyl halides is 2.